The first-order chi connectivity index (χ1) is 12.6. The van der Waals surface area contributed by atoms with Gasteiger partial charge in [0.15, 0.2) is 0 Å². The molecule has 0 fully saturated rings. The average molecular weight is 370 g/mol. The summed E-state index contributed by atoms with van der Waals surface area (Å²) in [6.07, 6.45) is 1.00. The largest absolute Gasteiger partial charge is 0.352 e. The van der Waals surface area contributed by atoms with Gasteiger partial charge in [0.25, 0.3) is 0 Å². The summed E-state index contributed by atoms with van der Waals surface area (Å²) in [5, 5.41) is 9.26. The number of carbonyl (C=O) groups excluding carboxylic acids is 2. The molecule has 1 aliphatic heterocycles. The van der Waals surface area contributed by atoms with Crippen molar-refractivity contribution in [2.24, 2.45) is 5.10 Å². The molecule has 26 heavy (non-hydrogen) atoms. The second-order valence-electron chi connectivity index (χ2n) is 6.05. The van der Waals surface area contributed by atoms with E-state index in [4.69, 9.17) is 11.6 Å². The molecule has 2 aromatic carbocycles. The highest BCUT2D eigenvalue weighted by Gasteiger charge is 2.21. The molecule has 1 aliphatic rings. The highest BCUT2D eigenvalue weighted by atomic mass is 35.5. The van der Waals surface area contributed by atoms with Gasteiger partial charge in [-0.1, -0.05) is 60.1 Å². The standard InChI is InChI=1S/C20H20ClN3O2/c21-17-9-5-4-8-16(17)14-22-19(25)10-11-20(26)24-13-12-18(23-24)15-6-2-1-3-7-15/h1-9H,10-14H2,(H,22,25). The molecule has 134 valence electrons. The molecule has 0 atom stereocenters. The third kappa shape index (κ3) is 4.70. The van der Waals surface area contributed by atoms with Crippen molar-refractivity contribution < 1.29 is 9.59 Å². The summed E-state index contributed by atoms with van der Waals surface area (Å²) in [6.45, 7) is 0.914. The fourth-order valence-electron chi connectivity index (χ4n) is 2.74. The highest BCUT2D eigenvalue weighted by Crippen LogP contribution is 2.16. The molecule has 2 amide bonds. The summed E-state index contributed by atoms with van der Waals surface area (Å²) in [6, 6.07) is 17.2. The van der Waals surface area contributed by atoms with Crippen LogP contribution in [-0.4, -0.2) is 29.1 Å². The Morgan fingerprint density at radius 2 is 1.77 bits per heavy atom. The van der Waals surface area contributed by atoms with Crippen molar-refractivity contribution in [1.82, 2.24) is 10.3 Å². The van der Waals surface area contributed by atoms with Crippen LogP contribution in [0.25, 0.3) is 0 Å². The van der Waals surface area contributed by atoms with E-state index in [-0.39, 0.29) is 24.7 Å². The van der Waals surface area contributed by atoms with Crippen LogP contribution >= 0.6 is 11.6 Å². The van der Waals surface area contributed by atoms with E-state index in [1.54, 1.807) is 6.07 Å². The van der Waals surface area contributed by atoms with Gasteiger partial charge in [0, 0.05) is 30.8 Å². The van der Waals surface area contributed by atoms with Crippen LogP contribution in [0.4, 0.5) is 0 Å². The molecule has 0 aromatic heterocycles. The second kappa shape index (κ2) is 8.63. The molecule has 0 radical (unpaired) electrons. The van der Waals surface area contributed by atoms with Gasteiger partial charge in [-0.05, 0) is 17.2 Å². The van der Waals surface area contributed by atoms with Crippen molar-refractivity contribution in [2.45, 2.75) is 25.8 Å². The Balaban J connectivity index is 1.46. The molecule has 0 spiro atoms. The lowest BCUT2D eigenvalue weighted by atomic mass is 10.1. The third-order valence-corrected chi connectivity index (χ3v) is 4.57. The van der Waals surface area contributed by atoms with Crippen molar-refractivity contribution in [3.63, 3.8) is 0 Å². The van der Waals surface area contributed by atoms with Gasteiger partial charge in [-0.3, -0.25) is 9.59 Å². The fraction of sp³-hybridized carbons (Fsp3) is 0.250. The predicted molar refractivity (Wildman–Crippen MR) is 102 cm³/mol. The zero-order valence-corrected chi connectivity index (χ0v) is 15.1. The normalized spacial score (nSPS) is 13.4. The predicted octanol–water partition coefficient (Wildman–Crippen LogP) is 3.37. The number of hydrazone groups is 1. The van der Waals surface area contributed by atoms with Crippen LogP contribution in [0.1, 0.15) is 30.4 Å². The number of benzene rings is 2. The van der Waals surface area contributed by atoms with E-state index in [0.29, 0.717) is 18.1 Å². The van der Waals surface area contributed by atoms with Gasteiger partial charge in [-0.2, -0.15) is 5.10 Å². The summed E-state index contributed by atoms with van der Waals surface area (Å²) < 4.78 is 0. The molecule has 3 rings (SSSR count). The van der Waals surface area contributed by atoms with Crippen molar-refractivity contribution in [3.05, 3.63) is 70.7 Å². The van der Waals surface area contributed by atoms with Crippen molar-refractivity contribution in [1.29, 1.82) is 0 Å². The minimum Gasteiger partial charge on any atom is -0.352 e. The molecule has 0 aliphatic carbocycles. The van der Waals surface area contributed by atoms with E-state index in [2.05, 4.69) is 10.4 Å². The SMILES string of the molecule is O=C(CCC(=O)N1CCC(c2ccccc2)=N1)NCc1ccccc1Cl. The molecule has 1 N–H and O–H groups in total. The van der Waals surface area contributed by atoms with Crippen LogP contribution in [0, 0.1) is 0 Å². The van der Waals surface area contributed by atoms with E-state index < -0.39 is 0 Å². The molecule has 0 unspecified atom stereocenters. The molecule has 6 heteroatoms. The van der Waals surface area contributed by atoms with Gasteiger partial charge in [0.1, 0.15) is 0 Å². The zero-order valence-electron chi connectivity index (χ0n) is 14.3. The van der Waals surface area contributed by atoms with E-state index in [0.717, 1.165) is 23.3 Å². The fourth-order valence-corrected chi connectivity index (χ4v) is 2.95. The smallest absolute Gasteiger partial charge is 0.243 e. The number of rotatable bonds is 6. The van der Waals surface area contributed by atoms with Gasteiger partial charge in [-0.25, -0.2) is 5.01 Å². The van der Waals surface area contributed by atoms with Crippen LogP contribution in [0.5, 0.6) is 0 Å². The lowest BCUT2D eigenvalue weighted by Gasteiger charge is -2.11. The van der Waals surface area contributed by atoms with Crippen LogP contribution in [0.3, 0.4) is 0 Å². The Bertz CT molecular complexity index is 821. The minimum absolute atomic E-state index is 0.135. The summed E-state index contributed by atoms with van der Waals surface area (Å²) in [4.78, 5) is 24.2. The maximum atomic E-state index is 12.3. The van der Waals surface area contributed by atoms with E-state index in [1.807, 2.05) is 48.5 Å². The summed E-state index contributed by atoms with van der Waals surface area (Å²) in [5.41, 5.74) is 2.79. The topological polar surface area (TPSA) is 61.8 Å². The Labute approximate surface area is 157 Å². The Morgan fingerprint density at radius 3 is 2.54 bits per heavy atom. The third-order valence-electron chi connectivity index (χ3n) is 4.20. The minimum atomic E-state index is -0.176. The second-order valence-corrected chi connectivity index (χ2v) is 6.45. The van der Waals surface area contributed by atoms with Gasteiger partial charge in [-0.15, -0.1) is 0 Å². The molecular weight excluding hydrogens is 350 g/mol. The molecule has 0 saturated carbocycles. The molecule has 2 aromatic rings. The quantitative estimate of drug-likeness (QED) is 0.848. The molecule has 0 saturated heterocycles. The van der Waals surface area contributed by atoms with Gasteiger partial charge in [0.2, 0.25) is 11.8 Å². The van der Waals surface area contributed by atoms with Crippen molar-refractivity contribution >= 4 is 29.1 Å². The molecular formula is C20H20ClN3O2. The molecule has 5 nitrogen and oxygen atoms in total. The maximum absolute atomic E-state index is 12.3. The molecule has 0 bridgehead atoms. The number of carbonyl (C=O) groups is 2. The first-order valence-electron chi connectivity index (χ1n) is 8.57. The Hall–Kier alpha value is -2.66. The average Bonchev–Trinajstić information content (AvgIpc) is 3.16. The van der Waals surface area contributed by atoms with Crippen molar-refractivity contribution in [2.75, 3.05) is 6.54 Å². The van der Waals surface area contributed by atoms with Crippen LogP contribution < -0.4 is 5.32 Å². The number of amides is 2. The number of hydrogen-bond acceptors (Lipinski definition) is 3. The summed E-state index contributed by atoms with van der Waals surface area (Å²) >= 11 is 6.06. The van der Waals surface area contributed by atoms with E-state index in [1.165, 1.54) is 5.01 Å². The van der Waals surface area contributed by atoms with Crippen molar-refractivity contribution in [3.8, 4) is 0 Å². The number of hydrogen-bond donors (Lipinski definition) is 1. The number of nitrogens with zero attached hydrogens (tertiary/aromatic N) is 2. The Kier molecular flexibility index (Phi) is 6.02. The maximum Gasteiger partial charge on any atom is 0.243 e. The highest BCUT2D eigenvalue weighted by molar-refractivity contribution is 6.31. The van der Waals surface area contributed by atoms with Crippen LogP contribution in [-0.2, 0) is 16.1 Å². The first kappa shape index (κ1) is 18.1. The molecule has 1 heterocycles. The van der Waals surface area contributed by atoms with Crippen LogP contribution in [0.2, 0.25) is 5.02 Å². The lowest BCUT2D eigenvalue weighted by molar-refractivity contribution is -0.133. The van der Waals surface area contributed by atoms with Gasteiger partial charge >= 0.3 is 0 Å². The lowest BCUT2D eigenvalue weighted by Crippen LogP contribution is -2.27. The summed E-state index contributed by atoms with van der Waals surface area (Å²) in [7, 11) is 0. The zero-order chi connectivity index (χ0) is 18.4. The number of nitrogens with one attached hydrogen (secondary N) is 1. The van der Waals surface area contributed by atoms with E-state index >= 15 is 0 Å². The van der Waals surface area contributed by atoms with E-state index in [9.17, 15) is 9.59 Å². The summed E-state index contributed by atoms with van der Waals surface area (Å²) in [5.74, 6) is -0.312. The Morgan fingerprint density at radius 1 is 1.04 bits per heavy atom. The first-order valence-corrected chi connectivity index (χ1v) is 8.94. The number of halogens is 1. The van der Waals surface area contributed by atoms with Gasteiger partial charge < -0.3 is 5.32 Å². The monoisotopic (exact) mass is 369 g/mol. The van der Waals surface area contributed by atoms with Gasteiger partial charge in [0.05, 0.1) is 12.3 Å². The van der Waals surface area contributed by atoms with Crippen LogP contribution in [0.15, 0.2) is 59.7 Å².